The lowest BCUT2D eigenvalue weighted by Crippen LogP contribution is -2.44. The normalized spacial score (nSPS) is 17.8. The number of benzene rings is 2. The van der Waals surface area contributed by atoms with E-state index >= 15 is 0 Å². The van der Waals surface area contributed by atoms with Gasteiger partial charge < -0.3 is 15.5 Å². The van der Waals surface area contributed by atoms with Gasteiger partial charge in [0.2, 0.25) is 10.0 Å². The largest absolute Gasteiger partial charge is 0.369 e. The first-order valence-electron chi connectivity index (χ1n) is 8.84. The molecule has 0 spiro atoms. The molecule has 0 amide bonds. The van der Waals surface area contributed by atoms with Crippen molar-refractivity contribution in [1.82, 2.24) is 10.6 Å². The zero-order valence-corrected chi connectivity index (χ0v) is 16.1. The Hall–Kier alpha value is -2.58. The summed E-state index contributed by atoms with van der Waals surface area (Å²) in [6, 6.07) is 17.2. The molecule has 0 saturated carbocycles. The highest BCUT2D eigenvalue weighted by atomic mass is 32.2. The summed E-state index contributed by atoms with van der Waals surface area (Å²) in [4.78, 5) is 6.73. The van der Waals surface area contributed by atoms with Gasteiger partial charge in [-0.25, -0.2) is 13.6 Å². The van der Waals surface area contributed by atoms with Crippen molar-refractivity contribution in [3.05, 3.63) is 60.2 Å². The molecular formula is C19H25N5O2S. The minimum atomic E-state index is -3.70. The van der Waals surface area contributed by atoms with Crippen LogP contribution in [0.4, 0.5) is 5.69 Å². The molecule has 7 nitrogen and oxygen atoms in total. The second-order valence-corrected chi connectivity index (χ2v) is 8.09. The molecule has 4 N–H and O–H groups in total. The molecule has 1 saturated heterocycles. The van der Waals surface area contributed by atoms with Crippen molar-refractivity contribution < 1.29 is 8.42 Å². The van der Waals surface area contributed by atoms with E-state index in [4.69, 9.17) is 5.14 Å². The first-order valence-corrected chi connectivity index (χ1v) is 10.4. The molecule has 0 bridgehead atoms. The number of nitrogens with zero attached hydrogens (tertiary/aromatic N) is 2. The molecule has 3 rings (SSSR count). The third-order valence-corrected chi connectivity index (χ3v) is 5.47. The van der Waals surface area contributed by atoms with E-state index in [2.05, 4.69) is 32.7 Å². The van der Waals surface area contributed by atoms with E-state index in [0.29, 0.717) is 18.5 Å². The molecule has 8 heteroatoms. The van der Waals surface area contributed by atoms with Gasteiger partial charge in [-0.2, -0.15) is 0 Å². The third kappa shape index (κ3) is 5.21. The predicted octanol–water partition coefficient (Wildman–Crippen LogP) is 1.28. The smallest absolute Gasteiger partial charge is 0.238 e. The average molecular weight is 388 g/mol. The van der Waals surface area contributed by atoms with Crippen molar-refractivity contribution in [2.45, 2.75) is 23.9 Å². The van der Waals surface area contributed by atoms with E-state index in [9.17, 15) is 8.42 Å². The number of hydrogen-bond donors (Lipinski definition) is 3. The summed E-state index contributed by atoms with van der Waals surface area (Å²) < 4.78 is 22.9. The fourth-order valence-electron chi connectivity index (χ4n) is 3.16. The second-order valence-electron chi connectivity index (χ2n) is 6.53. The van der Waals surface area contributed by atoms with Crippen molar-refractivity contribution in [2.75, 3.05) is 25.0 Å². The zero-order chi connectivity index (χ0) is 19.3. The predicted molar refractivity (Wildman–Crippen MR) is 108 cm³/mol. The molecule has 1 aliphatic heterocycles. The Morgan fingerprint density at radius 3 is 2.70 bits per heavy atom. The number of nitrogens with two attached hydrogens (primary N) is 1. The van der Waals surface area contributed by atoms with Crippen molar-refractivity contribution in [1.29, 1.82) is 0 Å². The van der Waals surface area contributed by atoms with E-state index in [1.807, 2.05) is 24.3 Å². The zero-order valence-electron chi connectivity index (χ0n) is 15.3. The Morgan fingerprint density at radius 2 is 2.00 bits per heavy atom. The van der Waals surface area contributed by atoms with Crippen LogP contribution in [0.3, 0.4) is 0 Å². The van der Waals surface area contributed by atoms with Crippen molar-refractivity contribution >= 4 is 21.7 Å². The Bertz CT molecular complexity index is 899. The van der Waals surface area contributed by atoms with Crippen LogP contribution in [0.25, 0.3) is 0 Å². The standard InChI is InChI=1S/C19H25N5O2S/c1-21-19(22-13-15-6-5-9-18(12-15)27(20,25)26)23-16-10-11-24(14-16)17-7-3-2-4-8-17/h2-9,12,16H,10-11,13-14H2,1H3,(H2,20,25,26)(H2,21,22,23). The fourth-order valence-corrected chi connectivity index (χ4v) is 3.74. The Labute approximate surface area is 160 Å². The Morgan fingerprint density at radius 1 is 1.22 bits per heavy atom. The van der Waals surface area contributed by atoms with Crippen molar-refractivity contribution in [3.63, 3.8) is 0 Å². The Kier molecular flexibility index (Phi) is 5.98. The molecule has 0 aliphatic carbocycles. The van der Waals surface area contributed by atoms with Crippen molar-refractivity contribution in [2.24, 2.45) is 10.1 Å². The lowest BCUT2D eigenvalue weighted by molar-refractivity contribution is 0.597. The number of aliphatic imine (C=N–C) groups is 1. The third-order valence-electron chi connectivity index (χ3n) is 4.56. The van der Waals surface area contributed by atoms with E-state index in [1.165, 1.54) is 11.8 Å². The minimum Gasteiger partial charge on any atom is -0.369 e. The molecule has 144 valence electrons. The molecule has 2 aromatic carbocycles. The van der Waals surface area contributed by atoms with Crippen LogP contribution >= 0.6 is 0 Å². The summed E-state index contributed by atoms with van der Waals surface area (Å²) in [5.74, 6) is 0.691. The topological polar surface area (TPSA) is 99.8 Å². The van der Waals surface area contributed by atoms with Gasteiger partial charge in [-0.3, -0.25) is 4.99 Å². The molecule has 1 heterocycles. The van der Waals surface area contributed by atoms with Gasteiger partial charge in [-0.05, 0) is 36.2 Å². The summed E-state index contributed by atoms with van der Waals surface area (Å²) >= 11 is 0. The maximum absolute atomic E-state index is 11.5. The number of rotatable bonds is 5. The summed E-state index contributed by atoms with van der Waals surface area (Å²) in [7, 11) is -1.98. The molecule has 2 aromatic rings. The average Bonchev–Trinajstić information content (AvgIpc) is 3.14. The SMILES string of the molecule is CN=C(NCc1cccc(S(N)(=O)=O)c1)NC1CCN(c2ccccc2)C1. The van der Waals surface area contributed by atoms with Gasteiger partial charge >= 0.3 is 0 Å². The van der Waals surface area contributed by atoms with E-state index in [-0.39, 0.29) is 4.90 Å². The van der Waals surface area contributed by atoms with Crippen LogP contribution in [0.15, 0.2) is 64.5 Å². The number of anilines is 1. The molecular weight excluding hydrogens is 362 g/mol. The Balaban J connectivity index is 1.55. The van der Waals surface area contributed by atoms with Crippen LogP contribution in [0.1, 0.15) is 12.0 Å². The van der Waals surface area contributed by atoms with Crippen LogP contribution in [0.2, 0.25) is 0 Å². The van der Waals surface area contributed by atoms with E-state index in [0.717, 1.165) is 25.1 Å². The highest BCUT2D eigenvalue weighted by molar-refractivity contribution is 7.89. The quantitative estimate of drug-likeness (QED) is 0.530. The molecule has 1 unspecified atom stereocenters. The minimum absolute atomic E-state index is 0.110. The maximum Gasteiger partial charge on any atom is 0.238 e. The van der Waals surface area contributed by atoms with Gasteiger partial charge in [-0.15, -0.1) is 0 Å². The first-order chi connectivity index (χ1) is 13.0. The maximum atomic E-state index is 11.5. The monoisotopic (exact) mass is 387 g/mol. The number of guanidine groups is 1. The fraction of sp³-hybridized carbons (Fsp3) is 0.316. The van der Waals surface area contributed by atoms with Crippen LogP contribution in [0.5, 0.6) is 0 Å². The summed E-state index contributed by atoms with van der Waals surface area (Å²) in [6.07, 6.45) is 1.02. The number of sulfonamides is 1. The van der Waals surface area contributed by atoms with Crippen LogP contribution < -0.4 is 20.7 Å². The van der Waals surface area contributed by atoms with Gasteiger partial charge in [0, 0.05) is 38.4 Å². The first kappa shape index (κ1) is 19.2. The molecule has 0 aromatic heterocycles. The highest BCUT2D eigenvalue weighted by Gasteiger charge is 2.23. The summed E-state index contributed by atoms with van der Waals surface area (Å²) in [6.45, 7) is 2.36. The number of para-hydroxylation sites is 1. The molecule has 1 atom stereocenters. The van der Waals surface area contributed by atoms with Gasteiger partial charge in [0.15, 0.2) is 5.96 Å². The van der Waals surface area contributed by atoms with Crippen LogP contribution in [-0.2, 0) is 16.6 Å². The number of hydrogen-bond acceptors (Lipinski definition) is 4. The van der Waals surface area contributed by atoms with E-state index < -0.39 is 10.0 Å². The van der Waals surface area contributed by atoms with Gasteiger partial charge in [0.1, 0.15) is 0 Å². The van der Waals surface area contributed by atoms with Gasteiger partial charge in [0.25, 0.3) is 0 Å². The molecule has 1 fully saturated rings. The van der Waals surface area contributed by atoms with Gasteiger partial charge in [0.05, 0.1) is 4.90 Å². The number of primary sulfonamides is 1. The van der Waals surface area contributed by atoms with Gasteiger partial charge in [-0.1, -0.05) is 30.3 Å². The molecule has 1 aliphatic rings. The van der Waals surface area contributed by atoms with E-state index in [1.54, 1.807) is 19.2 Å². The summed E-state index contributed by atoms with van der Waals surface area (Å²) in [5, 5.41) is 11.9. The summed E-state index contributed by atoms with van der Waals surface area (Å²) in [5.41, 5.74) is 2.05. The van der Waals surface area contributed by atoms with Crippen LogP contribution in [-0.4, -0.2) is 40.6 Å². The lowest BCUT2D eigenvalue weighted by Gasteiger charge is -2.20. The lowest BCUT2D eigenvalue weighted by atomic mass is 10.2. The molecule has 0 radical (unpaired) electrons. The van der Waals surface area contributed by atoms with Crippen molar-refractivity contribution in [3.8, 4) is 0 Å². The van der Waals surface area contributed by atoms with Crippen LogP contribution in [0, 0.1) is 0 Å². The molecule has 27 heavy (non-hydrogen) atoms. The highest BCUT2D eigenvalue weighted by Crippen LogP contribution is 2.19. The number of nitrogens with one attached hydrogen (secondary N) is 2. The second kappa shape index (κ2) is 8.41.